The van der Waals surface area contributed by atoms with Gasteiger partial charge in [-0.3, -0.25) is 29.4 Å². The fourth-order valence-corrected chi connectivity index (χ4v) is 6.37. The average Bonchev–Trinajstić information content (AvgIpc) is 3.49. The summed E-state index contributed by atoms with van der Waals surface area (Å²) in [5.74, 6) is -2.17. The summed E-state index contributed by atoms with van der Waals surface area (Å²) >= 11 is 8.57. The van der Waals surface area contributed by atoms with Gasteiger partial charge in [0.2, 0.25) is 6.41 Å². The third-order valence-corrected chi connectivity index (χ3v) is 8.82. The number of aromatic nitrogens is 1. The summed E-state index contributed by atoms with van der Waals surface area (Å²) in [6.07, 6.45) is 0.140. The Labute approximate surface area is 286 Å². The number of thiazole rings is 1. The number of fused-ring (bicyclic) bond motifs is 1. The number of carbonyl (C=O) groups is 5. The Bertz CT molecular complexity index is 1640. The van der Waals surface area contributed by atoms with Crippen molar-refractivity contribution in [3.8, 4) is 0 Å². The lowest BCUT2D eigenvalue weighted by molar-refractivity contribution is -0.384. The average molecular weight is 724 g/mol. The van der Waals surface area contributed by atoms with E-state index in [1.54, 1.807) is 20.8 Å². The van der Waals surface area contributed by atoms with Crippen molar-refractivity contribution in [1.29, 1.82) is 0 Å². The van der Waals surface area contributed by atoms with Gasteiger partial charge in [0.15, 0.2) is 10.8 Å². The largest absolute Gasteiger partial charge is 0.456 e. The SMILES string of the molecule is CC(C)(C)OC(=O)NCCCON=C(C(=O)NC1C(=O)N2C(C(=O)OCc3ccc([N+](=O)[O-])cc3)=C(Cl)CS[C@H]12)c1csc(NC=O)n1. The smallest absolute Gasteiger partial charge is 0.407 e. The highest BCUT2D eigenvalue weighted by molar-refractivity contribution is 8.00. The van der Waals surface area contributed by atoms with Gasteiger partial charge >= 0.3 is 12.1 Å². The molecule has 3 heterocycles. The minimum Gasteiger partial charge on any atom is -0.456 e. The summed E-state index contributed by atoms with van der Waals surface area (Å²) in [6.45, 7) is 5.18. The molecule has 48 heavy (non-hydrogen) atoms. The van der Waals surface area contributed by atoms with E-state index in [9.17, 15) is 34.1 Å². The molecule has 4 amide bonds. The van der Waals surface area contributed by atoms with E-state index >= 15 is 0 Å². The minimum atomic E-state index is -1.07. The molecule has 1 fully saturated rings. The highest BCUT2D eigenvalue weighted by Gasteiger charge is 2.54. The molecule has 0 saturated carbocycles. The molecular weight excluding hydrogens is 694 g/mol. The number of anilines is 1. The van der Waals surface area contributed by atoms with E-state index in [0.29, 0.717) is 18.4 Å². The van der Waals surface area contributed by atoms with Gasteiger partial charge in [-0.1, -0.05) is 16.8 Å². The molecule has 20 heteroatoms. The van der Waals surface area contributed by atoms with Crippen LogP contribution in [0, 0.1) is 10.1 Å². The first kappa shape index (κ1) is 36.1. The molecule has 256 valence electrons. The normalized spacial score (nSPS) is 17.5. The molecule has 2 aromatic rings. The van der Waals surface area contributed by atoms with Crippen LogP contribution < -0.4 is 16.0 Å². The van der Waals surface area contributed by atoms with Crippen LogP contribution >= 0.6 is 34.7 Å². The molecule has 1 saturated heterocycles. The summed E-state index contributed by atoms with van der Waals surface area (Å²) in [4.78, 5) is 83.3. The van der Waals surface area contributed by atoms with Gasteiger partial charge < -0.3 is 30.3 Å². The van der Waals surface area contributed by atoms with Gasteiger partial charge in [-0.25, -0.2) is 14.6 Å². The lowest BCUT2D eigenvalue weighted by atomic mass is 10.0. The predicted molar refractivity (Wildman–Crippen MR) is 174 cm³/mol. The van der Waals surface area contributed by atoms with Crippen molar-refractivity contribution in [1.82, 2.24) is 20.5 Å². The van der Waals surface area contributed by atoms with Gasteiger partial charge in [-0.15, -0.1) is 23.1 Å². The maximum atomic E-state index is 13.4. The monoisotopic (exact) mass is 723 g/mol. The van der Waals surface area contributed by atoms with E-state index in [0.717, 1.165) is 16.2 Å². The molecule has 4 rings (SSSR count). The Balaban J connectivity index is 1.38. The first-order valence-corrected chi connectivity index (χ1v) is 16.5. The van der Waals surface area contributed by atoms with Crippen molar-refractivity contribution in [2.24, 2.45) is 5.16 Å². The number of hydrogen-bond acceptors (Lipinski definition) is 14. The van der Waals surface area contributed by atoms with E-state index in [4.69, 9.17) is 25.9 Å². The number of amides is 4. The number of benzene rings is 1. The summed E-state index contributed by atoms with van der Waals surface area (Å²) < 4.78 is 10.5. The second-order valence-corrected chi connectivity index (χ2v) is 13.4. The van der Waals surface area contributed by atoms with Crippen LogP contribution in [-0.4, -0.2) is 86.7 Å². The molecule has 1 aromatic carbocycles. The third-order valence-electron chi connectivity index (χ3n) is 6.30. The quantitative estimate of drug-likeness (QED) is 0.0487. The first-order valence-electron chi connectivity index (χ1n) is 14.2. The number of alkyl carbamates (subject to hydrolysis) is 1. The van der Waals surface area contributed by atoms with Gasteiger partial charge in [-0.05, 0) is 38.5 Å². The molecule has 2 aliphatic rings. The standard InChI is InChI=1S/C28H30ClN7O10S2/c1-28(2,3)46-27(41)30-9-4-10-45-34-19(18-13-48-26(32-18)31-14-37)22(38)33-20-23(39)35-21(17(29)12-47-24(20)35)25(40)44-11-15-5-7-16(8-6-15)36(42)43/h5-8,13-14,20,24H,4,9-12H2,1-3H3,(H,30,41)(H,33,38)(H,31,32,37)/t20?,24-/m1/s1. The molecule has 17 nitrogen and oxygen atoms in total. The summed E-state index contributed by atoms with van der Waals surface area (Å²) in [5, 5.41) is 23.4. The lowest BCUT2D eigenvalue weighted by Gasteiger charge is -2.49. The number of β-lactam (4-membered cyclic amide) rings is 1. The Morgan fingerprint density at radius 3 is 2.65 bits per heavy atom. The van der Waals surface area contributed by atoms with Crippen molar-refractivity contribution in [2.75, 3.05) is 24.2 Å². The summed E-state index contributed by atoms with van der Waals surface area (Å²) in [6, 6.07) is 4.34. The Hall–Kier alpha value is -4.75. The number of ether oxygens (including phenoxy) is 2. The van der Waals surface area contributed by atoms with Gasteiger partial charge in [0, 0.05) is 36.2 Å². The Morgan fingerprint density at radius 1 is 1.25 bits per heavy atom. The second-order valence-electron chi connectivity index (χ2n) is 11.0. The fraction of sp³-hybridized carbons (Fsp3) is 0.393. The fourth-order valence-electron chi connectivity index (χ4n) is 4.17. The molecule has 1 aromatic heterocycles. The van der Waals surface area contributed by atoms with Gasteiger partial charge in [-0.2, -0.15) is 0 Å². The molecule has 1 unspecified atom stereocenters. The number of thioether (sulfide) groups is 1. The van der Waals surface area contributed by atoms with Crippen LogP contribution in [0.15, 0.2) is 45.5 Å². The van der Waals surface area contributed by atoms with Gasteiger partial charge in [0.25, 0.3) is 17.5 Å². The van der Waals surface area contributed by atoms with E-state index in [1.807, 2.05) is 0 Å². The maximum Gasteiger partial charge on any atom is 0.407 e. The van der Waals surface area contributed by atoms with Crippen LogP contribution in [0.25, 0.3) is 0 Å². The number of hydrogen-bond donors (Lipinski definition) is 3. The van der Waals surface area contributed by atoms with Crippen LogP contribution in [0.1, 0.15) is 38.4 Å². The molecule has 0 spiro atoms. The van der Waals surface area contributed by atoms with Crippen molar-refractivity contribution >= 4 is 81.5 Å². The number of rotatable bonds is 14. The van der Waals surface area contributed by atoms with Gasteiger partial charge in [0.1, 0.15) is 41.6 Å². The van der Waals surface area contributed by atoms with Crippen LogP contribution in [0.4, 0.5) is 15.6 Å². The van der Waals surface area contributed by atoms with E-state index < -0.39 is 45.8 Å². The van der Waals surface area contributed by atoms with Crippen LogP contribution in [0.5, 0.6) is 0 Å². The van der Waals surface area contributed by atoms with Gasteiger partial charge in [0.05, 0.1) is 9.96 Å². The van der Waals surface area contributed by atoms with E-state index in [-0.39, 0.29) is 58.5 Å². The number of halogens is 1. The number of nitrogens with one attached hydrogen (secondary N) is 3. The molecule has 2 atom stereocenters. The number of carbonyl (C=O) groups excluding carboxylic acids is 5. The lowest BCUT2D eigenvalue weighted by Crippen LogP contribution is -2.71. The highest BCUT2D eigenvalue weighted by Crippen LogP contribution is 2.41. The van der Waals surface area contributed by atoms with Crippen LogP contribution in [0.3, 0.4) is 0 Å². The molecule has 0 bridgehead atoms. The predicted octanol–water partition coefficient (Wildman–Crippen LogP) is 2.85. The zero-order valence-corrected chi connectivity index (χ0v) is 28.1. The topological polar surface area (TPSA) is 221 Å². The Kier molecular flexibility index (Phi) is 12.0. The molecule has 0 aliphatic carbocycles. The number of nitro benzene ring substituents is 1. The first-order chi connectivity index (χ1) is 22.8. The van der Waals surface area contributed by atoms with Crippen LogP contribution in [-0.2, 0) is 40.1 Å². The molecule has 3 N–H and O–H groups in total. The second kappa shape index (κ2) is 15.9. The van der Waals surface area contributed by atoms with Crippen molar-refractivity contribution in [3.63, 3.8) is 0 Å². The maximum absolute atomic E-state index is 13.4. The number of non-ortho nitro benzene ring substituents is 1. The summed E-state index contributed by atoms with van der Waals surface area (Å²) in [7, 11) is 0. The highest BCUT2D eigenvalue weighted by atomic mass is 35.5. The van der Waals surface area contributed by atoms with Crippen molar-refractivity contribution < 1.29 is 43.2 Å². The van der Waals surface area contributed by atoms with E-state index in [1.165, 1.54) is 41.4 Å². The Morgan fingerprint density at radius 2 is 1.98 bits per heavy atom. The minimum absolute atomic E-state index is 0.000582. The third kappa shape index (κ3) is 9.20. The molecular formula is C28H30ClN7O10S2. The van der Waals surface area contributed by atoms with E-state index in [2.05, 4.69) is 26.1 Å². The number of oxime groups is 1. The molecule has 2 aliphatic heterocycles. The summed E-state index contributed by atoms with van der Waals surface area (Å²) in [5.41, 5.74) is -0.686. The zero-order valence-electron chi connectivity index (χ0n) is 25.7. The molecule has 0 radical (unpaired) electrons. The van der Waals surface area contributed by atoms with Crippen LogP contribution in [0.2, 0.25) is 0 Å². The number of esters is 1. The number of nitro groups is 1. The zero-order chi connectivity index (χ0) is 35.0. The van der Waals surface area contributed by atoms with Crippen molar-refractivity contribution in [3.05, 3.63) is 61.7 Å². The van der Waals surface area contributed by atoms with Crippen molar-refractivity contribution in [2.45, 2.75) is 50.8 Å². The number of nitrogens with zero attached hydrogens (tertiary/aromatic N) is 4.